The van der Waals surface area contributed by atoms with Gasteiger partial charge in [-0.2, -0.15) is 18.4 Å². The molecule has 0 fully saturated rings. The zero-order valence-corrected chi connectivity index (χ0v) is 11.0. The molecule has 0 bridgehead atoms. The van der Waals surface area contributed by atoms with Crippen LogP contribution in [0.25, 0.3) is 0 Å². The highest BCUT2D eigenvalue weighted by Crippen LogP contribution is 2.35. The number of nitrogens with two attached hydrogens (primary N) is 1. The van der Waals surface area contributed by atoms with Crippen LogP contribution in [0.15, 0.2) is 36.4 Å². The first-order chi connectivity index (χ1) is 9.82. The van der Waals surface area contributed by atoms with Crippen molar-refractivity contribution in [1.29, 1.82) is 5.26 Å². The monoisotopic (exact) mass is 292 g/mol. The zero-order valence-electron chi connectivity index (χ0n) is 11.0. The lowest BCUT2D eigenvalue weighted by molar-refractivity contribution is -0.137. The molecule has 0 aliphatic rings. The molecule has 2 aromatic rings. The fourth-order valence-electron chi connectivity index (χ4n) is 1.80. The SMILES string of the molecule is Cc1c(N)cccc1Oc1ccc(C(F)(F)F)c(C#N)c1. The largest absolute Gasteiger partial charge is 0.457 e. The number of hydrogen-bond donors (Lipinski definition) is 1. The highest BCUT2D eigenvalue weighted by Gasteiger charge is 2.33. The zero-order chi connectivity index (χ0) is 15.6. The first kappa shape index (κ1) is 14.7. The quantitative estimate of drug-likeness (QED) is 0.841. The van der Waals surface area contributed by atoms with Gasteiger partial charge in [-0.25, -0.2) is 0 Å². The fraction of sp³-hybridized carbons (Fsp3) is 0.133. The number of ether oxygens (including phenoxy) is 1. The summed E-state index contributed by atoms with van der Waals surface area (Å²) >= 11 is 0. The average Bonchev–Trinajstić information content (AvgIpc) is 2.42. The summed E-state index contributed by atoms with van der Waals surface area (Å²) in [6.45, 7) is 1.74. The van der Waals surface area contributed by atoms with Gasteiger partial charge in [0.2, 0.25) is 0 Å². The predicted octanol–water partition coefficient (Wildman–Crippen LogP) is 4.26. The predicted molar refractivity (Wildman–Crippen MR) is 71.8 cm³/mol. The molecule has 0 saturated heterocycles. The molecule has 0 unspecified atom stereocenters. The molecule has 0 aliphatic carbocycles. The first-order valence-corrected chi connectivity index (χ1v) is 5.97. The Bertz CT molecular complexity index is 718. The maximum absolute atomic E-state index is 12.7. The number of nitrogen functional groups attached to an aromatic ring is 1. The number of anilines is 1. The van der Waals surface area contributed by atoms with E-state index >= 15 is 0 Å². The molecule has 0 heterocycles. The summed E-state index contributed by atoms with van der Waals surface area (Å²) in [7, 11) is 0. The second-order valence-corrected chi connectivity index (χ2v) is 4.39. The second kappa shape index (κ2) is 5.37. The van der Waals surface area contributed by atoms with Gasteiger partial charge in [0.15, 0.2) is 0 Å². The van der Waals surface area contributed by atoms with Crippen molar-refractivity contribution in [3.8, 4) is 17.6 Å². The van der Waals surface area contributed by atoms with Crippen LogP contribution in [0, 0.1) is 18.3 Å². The number of nitrogens with zero attached hydrogens (tertiary/aromatic N) is 1. The van der Waals surface area contributed by atoms with Gasteiger partial charge in [0.1, 0.15) is 11.5 Å². The molecule has 2 N–H and O–H groups in total. The lowest BCUT2D eigenvalue weighted by atomic mass is 10.1. The Morgan fingerprint density at radius 3 is 2.52 bits per heavy atom. The Kier molecular flexibility index (Phi) is 3.76. The van der Waals surface area contributed by atoms with Gasteiger partial charge in [0.25, 0.3) is 0 Å². The normalized spacial score (nSPS) is 11.0. The van der Waals surface area contributed by atoms with Gasteiger partial charge in [-0.15, -0.1) is 0 Å². The minimum Gasteiger partial charge on any atom is -0.457 e. The molecule has 0 atom stereocenters. The van der Waals surface area contributed by atoms with Crippen LogP contribution in [-0.4, -0.2) is 0 Å². The summed E-state index contributed by atoms with van der Waals surface area (Å²) in [4.78, 5) is 0. The van der Waals surface area contributed by atoms with E-state index in [1.807, 2.05) is 0 Å². The molecule has 21 heavy (non-hydrogen) atoms. The smallest absolute Gasteiger partial charge is 0.417 e. The van der Waals surface area contributed by atoms with E-state index in [1.165, 1.54) is 12.1 Å². The van der Waals surface area contributed by atoms with Gasteiger partial charge in [0.05, 0.1) is 17.2 Å². The van der Waals surface area contributed by atoms with Crippen molar-refractivity contribution >= 4 is 5.69 Å². The third-order valence-corrected chi connectivity index (χ3v) is 2.97. The van der Waals surface area contributed by atoms with Crippen molar-refractivity contribution in [2.45, 2.75) is 13.1 Å². The third kappa shape index (κ3) is 3.08. The van der Waals surface area contributed by atoms with Crippen molar-refractivity contribution in [3.63, 3.8) is 0 Å². The Labute approximate surface area is 119 Å². The topological polar surface area (TPSA) is 59.0 Å². The van der Waals surface area contributed by atoms with E-state index < -0.39 is 17.3 Å². The molecule has 6 heteroatoms. The number of nitriles is 1. The Morgan fingerprint density at radius 1 is 1.19 bits per heavy atom. The lowest BCUT2D eigenvalue weighted by Gasteiger charge is -2.13. The minimum absolute atomic E-state index is 0.147. The van der Waals surface area contributed by atoms with E-state index in [9.17, 15) is 13.2 Å². The molecule has 0 radical (unpaired) electrons. The standard InChI is InChI=1S/C15H11F3N2O/c1-9-13(20)3-2-4-14(9)21-11-5-6-12(15(16,17)18)10(7-11)8-19/h2-7H,20H2,1H3. The minimum atomic E-state index is -4.57. The van der Waals surface area contributed by atoms with E-state index in [1.54, 1.807) is 25.1 Å². The highest BCUT2D eigenvalue weighted by molar-refractivity contribution is 5.55. The average molecular weight is 292 g/mol. The lowest BCUT2D eigenvalue weighted by Crippen LogP contribution is -2.07. The van der Waals surface area contributed by atoms with Gasteiger partial charge < -0.3 is 10.5 Å². The number of rotatable bonds is 2. The highest BCUT2D eigenvalue weighted by atomic mass is 19.4. The second-order valence-electron chi connectivity index (χ2n) is 4.39. The van der Waals surface area contributed by atoms with Crippen LogP contribution in [0.3, 0.4) is 0 Å². The molecule has 0 spiro atoms. The number of hydrogen-bond acceptors (Lipinski definition) is 3. The van der Waals surface area contributed by atoms with Crippen molar-refractivity contribution in [2.75, 3.05) is 5.73 Å². The van der Waals surface area contributed by atoms with E-state index in [0.717, 1.165) is 12.1 Å². The number of benzene rings is 2. The Balaban J connectivity index is 2.39. The molecular formula is C15H11F3N2O. The molecule has 0 amide bonds. The molecule has 2 aromatic carbocycles. The Morgan fingerprint density at radius 2 is 1.90 bits per heavy atom. The summed E-state index contributed by atoms with van der Waals surface area (Å²) in [5.74, 6) is 0.576. The Hall–Kier alpha value is -2.68. The number of alkyl halides is 3. The molecule has 108 valence electrons. The summed E-state index contributed by atoms with van der Waals surface area (Å²) in [6, 6.07) is 9.60. The summed E-state index contributed by atoms with van der Waals surface area (Å²) in [5.41, 5.74) is 5.45. The van der Waals surface area contributed by atoms with Crippen molar-refractivity contribution < 1.29 is 17.9 Å². The molecular weight excluding hydrogens is 281 g/mol. The van der Waals surface area contributed by atoms with Gasteiger partial charge in [-0.3, -0.25) is 0 Å². The number of halogens is 3. The summed E-state index contributed by atoms with van der Waals surface area (Å²) in [6.07, 6.45) is -4.57. The molecule has 0 aliphatic heterocycles. The summed E-state index contributed by atoms with van der Waals surface area (Å²) < 4.78 is 43.6. The van der Waals surface area contributed by atoms with Crippen LogP contribution in [-0.2, 0) is 6.18 Å². The van der Waals surface area contributed by atoms with Crippen molar-refractivity contribution in [2.24, 2.45) is 0 Å². The van der Waals surface area contributed by atoms with Crippen molar-refractivity contribution in [3.05, 3.63) is 53.1 Å². The van der Waals surface area contributed by atoms with E-state index in [0.29, 0.717) is 17.0 Å². The molecule has 0 saturated carbocycles. The first-order valence-electron chi connectivity index (χ1n) is 5.97. The molecule has 2 rings (SSSR count). The van der Waals surface area contributed by atoms with E-state index in [4.69, 9.17) is 15.7 Å². The molecule has 0 aromatic heterocycles. The van der Waals surface area contributed by atoms with Crippen LogP contribution in [0.2, 0.25) is 0 Å². The van der Waals surface area contributed by atoms with Crippen molar-refractivity contribution in [1.82, 2.24) is 0 Å². The molecule has 3 nitrogen and oxygen atoms in total. The van der Waals surface area contributed by atoms with Gasteiger partial charge >= 0.3 is 6.18 Å². The van der Waals surface area contributed by atoms with Gasteiger partial charge in [-0.1, -0.05) is 6.07 Å². The third-order valence-electron chi connectivity index (χ3n) is 2.97. The van der Waals surface area contributed by atoms with Gasteiger partial charge in [0, 0.05) is 11.3 Å². The van der Waals surface area contributed by atoms with Crippen LogP contribution < -0.4 is 10.5 Å². The summed E-state index contributed by atoms with van der Waals surface area (Å²) in [5, 5.41) is 8.85. The van der Waals surface area contributed by atoms with Gasteiger partial charge in [-0.05, 0) is 37.3 Å². The van der Waals surface area contributed by atoms with E-state index in [-0.39, 0.29) is 5.75 Å². The van der Waals surface area contributed by atoms with Crippen LogP contribution in [0.4, 0.5) is 18.9 Å². The maximum Gasteiger partial charge on any atom is 0.417 e. The van der Waals surface area contributed by atoms with E-state index in [2.05, 4.69) is 0 Å². The van der Waals surface area contributed by atoms with Crippen LogP contribution in [0.1, 0.15) is 16.7 Å². The van der Waals surface area contributed by atoms with Crippen LogP contribution in [0.5, 0.6) is 11.5 Å². The van der Waals surface area contributed by atoms with Crippen LogP contribution >= 0.6 is 0 Å². The maximum atomic E-state index is 12.7. The fourth-order valence-corrected chi connectivity index (χ4v) is 1.80.